The van der Waals surface area contributed by atoms with Gasteiger partial charge >= 0.3 is 0 Å². The molecule has 24 heavy (non-hydrogen) atoms. The predicted octanol–water partition coefficient (Wildman–Crippen LogP) is 4.73. The Morgan fingerprint density at radius 3 is 2.67 bits per heavy atom. The molecule has 0 unspecified atom stereocenters. The third kappa shape index (κ3) is 4.15. The fourth-order valence-corrected chi connectivity index (χ4v) is 2.84. The van der Waals surface area contributed by atoms with Crippen molar-refractivity contribution >= 4 is 44.9 Å². The van der Waals surface area contributed by atoms with Crippen LogP contribution in [-0.4, -0.2) is 44.8 Å². The molecule has 0 saturated heterocycles. The van der Waals surface area contributed by atoms with Crippen molar-refractivity contribution in [1.29, 1.82) is 0 Å². The maximum Gasteiger partial charge on any atom is 0.220 e. The zero-order chi connectivity index (χ0) is 17.7. The number of fused-ring (bicyclic) bond motifs is 1. The Hall–Kier alpha value is -1.44. The molecule has 0 radical (unpaired) electrons. The van der Waals surface area contributed by atoms with Gasteiger partial charge in [0.05, 0.1) is 5.52 Å². The van der Waals surface area contributed by atoms with Crippen LogP contribution in [0.2, 0.25) is 0 Å². The van der Waals surface area contributed by atoms with E-state index in [2.05, 4.69) is 29.0 Å². The highest BCUT2D eigenvalue weighted by molar-refractivity contribution is 8.22. The second-order valence-corrected chi connectivity index (χ2v) is 6.98. The highest BCUT2D eigenvalue weighted by Gasteiger charge is 2.17. The van der Waals surface area contributed by atoms with Crippen molar-refractivity contribution < 1.29 is 5.11 Å². The first-order valence-electron chi connectivity index (χ1n) is 8.05. The third-order valence-electron chi connectivity index (χ3n) is 4.11. The van der Waals surface area contributed by atoms with Crippen LogP contribution in [-0.2, 0) is 6.54 Å². The monoisotopic (exact) mass is 364 g/mol. The first-order valence-corrected chi connectivity index (χ1v) is 9.68. The number of aromatic nitrogens is 1. The first-order chi connectivity index (χ1) is 11.5. The number of hydrogen-bond donors (Lipinski definition) is 1. The molecule has 1 aromatic carbocycles. The topological polar surface area (TPSA) is 53.1 Å². The fourth-order valence-electron chi connectivity index (χ4n) is 2.68. The molecular formula is C17H24N4OS2. The van der Waals surface area contributed by atoms with Crippen LogP contribution in [0.3, 0.4) is 0 Å². The van der Waals surface area contributed by atoms with Gasteiger partial charge in [-0.15, -0.1) is 10.2 Å². The van der Waals surface area contributed by atoms with Gasteiger partial charge in [-0.05, 0) is 50.6 Å². The number of nitrogens with zero attached hydrogens (tertiary/aromatic N) is 4. The minimum atomic E-state index is 0.149. The molecule has 0 aliphatic heterocycles. The third-order valence-corrected chi connectivity index (χ3v) is 5.12. The van der Waals surface area contributed by atoms with Gasteiger partial charge in [0, 0.05) is 18.5 Å². The standard InChI is InChI=1S/C17H24N4OS2/c1-5-20(6-2)9-10-21-14-8-7-12(3)11-13(14)15(16(21)22)18-19-17(23)24-4/h7-8,11,22H,5-6,9-10H2,1-4H3. The first kappa shape index (κ1) is 18.9. The second kappa shape index (κ2) is 8.60. The molecule has 0 bridgehead atoms. The van der Waals surface area contributed by atoms with Crippen LogP contribution in [0.25, 0.3) is 10.9 Å². The second-order valence-electron chi connectivity index (χ2n) is 5.54. The van der Waals surface area contributed by atoms with E-state index in [-0.39, 0.29) is 5.88 Å². The molecule has 7 heteroatoms. The molecule has 5 nitrogen and oxygen atoms in total. The van der Waals surface area contributed by atoms with Gasteiger partial charge in [0.1, 0.15) is 0 Å². The Morgan fingerprint density at radius 1 is 1.33 bits per heavy atom. The number of benzene rings is 1. The summed E-state index contributed by atoms with van der Waals surface area (Å²) in [5.41, 5.74) is 2.58. The van der Waals surface area contributed by atoms with E-state index in [1.165, 1.54) is 11.8 Å². The van der Waals surface area contributed by atoms with Gasteiger partial charge < -0.3 is 14.6 Å². The molecule has 1 aromatic heterocycles. The summed E-state index contributed by atoms with van der Waals surface area (Å²) in [7, 11) is 0. The van der Waals surface area contributed by atoms with Crippen LogP contribution < -0.4 is 0 Å². The summed E-state index contributed by atoms with van der Waals surface area (Å²) < 4.78 is 2.36. The molecule has 2 aromatic rings. The summed E-state index contributed by atoms with van der Waals surface area (Å²) in [5, 5.41) is 19.8. The van der Waals surface area contributed by atoms with Gasteiger partial charge in [-0.3, -0.25) is 0 Å². The number of likely N-dealkylation sites (N-methyl/N-ethyl adjacent to an activating group) is 1. The summed E-state index contributed by atoms with van der Waals surface area (Å²) in [5.74, 6) is 0.149. The maximum atomic E-state index is 10.7. The SMILES string of the molecule is CCN(CC)CCn1c(O)c(N=NC(=S)SC)c2cc(C)ccc21. The number of thiocarbonyl (C=S) groups is 1. The Balaban J connectivity index is 2.46. The lowest BCUT2D eigenvalue weighted by molar-refractivity contribution is 0.285. The largest absolute Gasteiger partial charge is 0.493 e. The van der Waals surface area contributed by atoms with E-state index in [0.29, 0.717) is 16.6 Å². The average molecular weight is 365 g/mol. The number of aryl methyl sites for hydroxylation is 1. The van der Waals surface area contributed by atoms with E-state index in [1.807, 2.05) is 35.9 Å². The van der Waals surface area contributed by atoms with Gasteiger partial charge in [-0.2, -0.15) is 0 Å². The van der Waals surface area contributed by atoms with E-state index in [0.717, 1.165) is 36.1 Å². The van der Waals surface area contributed by atoms with Crippen molar-refractivity contribution in [3.05, 3.63) is 23.8 Å². The molecule has 0 amide bonds. The molecule has 0 aliphatic carbocycles. The zero-order valence-corrected chi connectivity index (χ0v) is 16.2. The highest BCUT2D eigenvalue weighted by atomic mass is 32.2. The Kier molecular flexibility index (Phi) is 6.77. The normalized spacial score (nSPS) is 11.9. The number of hydrogen-bond acceptors (Lipinski definition) is 5. The lowest BCUT2D eigenvalue weighted by atomic mass is 10.1. The van der Waals surface area contributed by atoms with Crippen molar-refractivity contribution in [2.45, 2.75) is 27.3 Å². The van der Waals surface area contributed by atoms with E-state index >= 15 is 0 Å². The Bertz CT molecular complexity index is 751. The molecular weight excluding hydrogens is 340 g/mol. The summed E-state index contributed by atoms with van der Waals surface area (Å²) in [6.07, 6.45) is 1.86. The number of rotatable bonds is 6. The lowest BCUT2D eigenvalue weighted by Crippen LogP contribution is -2.26. The van der Waals surface area contributed by atoms with Crippen LogP contribution in [0.1, 0.15) is 19.4 Å². The van der Waals surface area contributed by atoms with E-state index in [1.54, 1.807) is 0 Å². The summed E-state index contributed by atoms with van der Waals surface area (Å²) in [6, 6.07) is 6.10. The molecule has 1 heterocycles. The number of aromatic hydroxyl groups is 1. The molecule has 130 valence electrons. The molecule has 0 aliphatic rings. The zero-order valence-electron chi connectivity index (χ0n) is 14.6. The fraction of sp³-hybridized carbons (Fsp3) is 0.471. The van der Waals surface area contributed by atoms with Crippen LogP contribution in [0.15, 0.2) is 28.4 Å². The van der Waals surface area contributed by atoms with Crippen LogP contribution in [0.5, 0.6) is 5.88 Å². The van der Waals surface area contributed by atoms with Gasteiger partial charge in [-0.1, -0.05) is 37.2 Å². The quantitative estimate of drug-likeness (QED) is 0.595. The van der Waals surface area contributed by atoms with Crippen molar-refractivity contribution in [2.75, 3.05) is 25.9 Å². The molecule has 0 atom stereocenters. The van der Waals surface area contributed by atoms with Gasteiger partial charge in [0.15, 0.2) is 10.0 Å². The molecule has 0 spiro atoms. The molecule has 0 saturated carbocycles. The van der Waals surface area contributed by atoms with Crippen molar-refractivity contribution in [3.8, 4) is 5.88 Å². The minimum absolute atomic E-state index is 0.149. The lowest BCUT2D eigenvalue weighted by Gasteiger charge is -2.18. The number of azo groups is 1. The Morgan fingerprint density at radius 2 is 2.04 bits per heavy atom. The van der Waals surface area contributed by atoms with Gasteiger partial charge in [-0.25, -0.2) is 0 Å². The highest BCUT2D eigenvalue weighted by Crippen LogP contribution is 2.39. The summed E-state index contributed by atoms with van der Waals surface area (Å²) in [4.78, 5) is 2.32. The van der Waals surface area contributed by atoms with E-state index < -0.39 is 0 Å². The minimum Gasteiger partial charge on any atom is -0.493 e. The van der Waals surface area contributed by atoms with Crippen LogP contribution >= 0.6 is 24.0 Å². The Labute approximate surface area is 152 Å². The van der Waals surface area contributed by atoms with Crippen molar-refractivity contribution in [1.82, 2.24) is 9.47 Å². The van der Waals surface area contributed by atoms with Crippen molar-refractivity contribution in [3.63, 3.8) is 0 Å². The van der Waals surface area contributed by atoms with E-state index in [9.17, 15) is 5.11 Å². The van der Waals surface area contributed by atoms with Gasteiger partial charge in [0.2, 0.25) is 5.88 Å². The molecule has 2 rings (SSSR count). The smallest absolute Gasteiger partial charge is 0.220 e. The van der Waals surface area contributed by atoms with Gasteiger partial charge in [0.25, 0.3) is 0 Å². The summed E-state index contributed by atoms with van der Waals surface area (Å²) >= 11 is 6.44. The summed E-state index contributed by atoms with van der Waals surface area (Å²) in [6.45, 7) is 9.87. The number of thioether (sulfide) groups is 1. The van der Waals surface area contributed by atoms with Crippen LogP contribution in [0, 0.1) is 6.92 Å². The van der Waals surface area contributed by atoms with Crippen LogP contribution in [0.4, 0.5) is 5.69 Å². The van der Waals surface area contributed by atoms with E-state index in [4.69, 9.17) is 12.2 Å². The van der Waals surface area contributed by atoms with Crippen molar-refractivity contribution in [2.24, 2.45) is 10.2 Å². The predicted molar refractivity (Wildman–Crippen MR) is 107 cm³/mol. The molecule has 1 N–H and O–H groups in total. The molecule has 0 fully saturated rings. The average Bonchev–Trinajstić information content (AvgIpc) is 2.84. The maximum absolute atomic E-state index is 10.7.